The Morgan fingerprint density at radius 1 is 1.26 bits per heavy atom. The average molecular weight is 286 g/mol. The van der Waals surface area contributed by atoms with Gasteiger partial charge in [0, 0.05) is 25.9 Å². The molecule has 0 aliphatic rings. The summed E-state index contributed by atoms with van der Waals surface area (Å²) in [6.07, 6.45) is 0.781. The lowest BCUT2D eigenvalue weighted by molar-refractivity contribution is 0.134. The van der Waals surface area contributed by atoms with Crippen LogP contribution in [0.3, 0.4) is 0 Å². The quantitative estimate of drug-likeness (QED) is 0.744. The topological polar surface area (TPSA) is 69.6 Å². The smallest absolute Gasteiger partial charge is 0.175 e. The third-order valence-corrected chi connectivity index (χ3v) is 3.76. The van der Waals surface area contributed by atoms with Crippen LogP contribution in [0, 0.1) is 0 Å². The van der Waals surface area contributed by atoms with Crippen LogP contribution in [-0.4, -0.2) is 58.0 Å². The molecule has 108 valence electrons. The summed E-state index contributed by atoms with van der Waals surface area (Å²) in [7, 11) is 0.687. The van der Waals surface area contributed by atoms with Crippen molar-refractivity contribution in [2.75, 3.05) is 33.4 Å². The van der Waals surface area contributed by atoms with Gasteiger partial charge in [-0.15, -0.1) is 0 Å². The zero-order valence-electron chi connectivity index (χ0n) is 11.6. The van der Waals surface area contributed by atoms with Crippen molar-refractivity contribution in [2.45, 2.75) is 17.5 Å². The van der Waals surface area contributed by atoms with Crippen LogP contribution >= 0.6 is 0 Å². The van der Waals surface area contributed by atoms with Crippen LogP contribution in [0.2, 0.25) is 0 Å². The van der Waals surface area contributed by atoms with Gasteiger partial charge in [0.2, 0.25) is 0 Å². The molecule has 2 N–H and O–H groups in total. The Labute approximate surface area is 115 Å². The van der Waals surface area contributed by atoms with Gasteiger partial charge in [-0.2, -0.15) is 0 Å². The second kappa shape index (κ2) is 7.00. The summed E-state index contributed by atoms with van der Waals surface area (Å²) in [6, 6.07) is 6.76. The second-order valence-corrected chi connectivity index (χ2v) is 6.98. The van der Waals surface area contributed by atoms with Gasteiger partial charge in [0.25, 0.3) is 0 Å². The van der Waals surface area contributed by atoms with Crippen molar-refractivity contribution in [3.8, 4) is 0 Å². The van der Waals surface area contributed by atoms with Crippen molar-refractivity contribution >= 4 is 9.84 Å². The van der Waals surface area contributed by atoms with Gasteiger partial charge in [0.15, 0.2) is 9.84 Å². The number of rotatable bonds is 7. The molecule has 0 heterocycles. The molecule has 1 aromatic rings. The Balaban J connectivity index is 2.43. The average Bonchev–Trinajstić information content (AvgIpc) is 2.27. The molecule has 19 heavy (non-hydrogen) atoms. The minimum absolute atomic E-state index is 0.323. The number of hydrogen-bond donors (Lipinski definition) is 2. The maximum atomic E-state index is 11.3. The molecule has 0 aromatic heterocycles. The molecule has 1 rings (SSSR count). The summed E-state index contributed by atoms with van der Waals surface area (Å²) in [5.41, 5.74) is 0.990. The van der Waals surface area contributed by atoms with Crippen LogP contribution < -0.4 is 5.32 Å². The number of nitrogens with zero attached hydrogens (tertiary/aromatic N) is 1. The Morgan fingerprint density at radius 3 is 2.32 bits per heavy atom. The number of aliphatic hydroxyl groups is 1. The Morgan fingerprint density at radius 2 is 1.84 bits per heavy atom. The van der Waals surface area contributed by atoms with Crippen molar-refractivity contribution in [2.24, 2.45) is 0 Å². The van der Waals surface area contributed by atoms with Crippen LogP contribution in [0.1, 0.15) is 5.56 Å². The van der Waals surface area contributed by atoms with Crippen molar-refractivity contribution < 1.29 is 13.5 Å². The molecule has 1 aromatic carbocycles. The van der Waals surface area contributed by atoms with Gasteiger partial charge in [-0.3, -0.25) is 0 Å². The van der Waals surface area contributed by atoms with E-state index in [0.29, 0.717) is 24.5 Å². The van der Waals surface area contributed by atoms with Crippen molar-refractivity contribution in [1.82, 2.24) is 10.2 Å². The first kappa shape index (κ1) is 16.1. The fraction of sp³-hybridized carbons (Fsp3) is 0.538. The van der Waals surface area contributed by atoms with Gasteiger partial charge >= 0.3 is 0 Å². The van der Waals surface area contributed by atoms with Gasteiger partial charge in [-0.05, 0) is 31.8 Å². The van der Waals surface area contributed by atoms with E-state index in [2.05, 4.69) is 5.32 Å². The van der Waals surface area contributed by atoms with E-state index in [1.54, 1.807) is 24.3 Å². The fourth-order valence-electron chi connectivity index (χ4n) is 1.72. The highest BCUT2D eigenvalue weighted by molar-refractivity contribution is 7.90. The Hall–Kier alpha value is -0.950. The van der Waals surface area contributed by atoms with Crippen LogP contribution in [0.4, 0.5) is 0 Å². The van der Waals surface area contributed by atoms with Gasteiger partial charge in [0.1, 0.15) is 0 Å². The first-order valence-electron chi connectivity index (χ1n) is 6.11. The van der Waals surface area contributed by atoms with E-state index in [4.69, 9.17) is 0 Å². The molecule has 0 aliphatic carbocycles. The molecule has 0 amide bonds. The Bertz CT molecular complexity index is 483. The minimum atomic E-state index is -3.13. The van der Waals surface area contributed by atoms with E-state index in [1.165, 1.54) is 6.26 Å². The fourth-order valence-corrected chi connectivity index (χ4v) is 2.35. The first-order chi connectivity index (χ1) is 8.79. The number of nitrogens with one attached hydrogen (secondary N) is 1. The van der Waals surface area contributed by atoms with E-state index < -0.39 is 15.9 Å². The molecule has 0 bridgehead atoms. The van der Waals surface area contributed by atoms with E-state index >= 15 is 0 Å². The lowest BCUT2D eigenvalue weighted by atomic mass is 10.2. The van der Waals surface area contributed by atoms with Gasteiger partial charge in [-0.25, -0.2) is 8.42 Å². The van der Waals surface area contributed by atoms with Gasteiger partial charge in [0.05, 0.1) is 11.0 Å². The number of hydrogen-bond acceptors (Lipinski definition) is 5. The predicted molar refractivity (Wildman–Crippen MR) is 75.8 cm³/mol. The molecule has 0 saturated heterocycles. The van der Waals surface area contributed by atoms with E-state index in [0.717, 1.165) is 5.56 Å². The van der Waals surface area contributed by atoms with Gasteiger partial charge < -0.3 is 15.3 Å². The maximum absolute atomic E-state index is 11.3. The first-order valence-corrected chi connectivity index (χ1v) is 8.00. The molecule has 0 aliphatic heterocycles. The van der Waals surface area contributed by atoms with Gasteiger partial charge in [-0.1, -0.05) is 12.1 Å². The van der Waals surface area contributed by atoms with E-state index in [-0.39, 0.29) is 0 Å². The highest BCUT2D eigenvalue weighted by Gasteiger charge is 2.07. The zero-order valence-corrected chi connectivity index (χ0v) is 12.4. The van der Waals surface area contributed by atoms with Crippen LogP contribution in [0.15, 0.2) is 29.2 Å². The molecular weight excluding hydrogens is 264 g/mol. The zero-order chi connectivity index (χ0) is 14.5. The highest BCUT2D eigenvalue weighted by atomic mass is 32.2. The van der Waals surface area contributed by atoms with E-state index in [9.17, 15) is 13.5 Å². The highest BCUT2D eigenvalue weighted by Crippen LogP contribution is 2.10. The summed E-state index contributed by atoms with van der Waals surface area (Å²) in [5.74, 6) is 0. The van der Waals surface area contributed by atoms with Crippen LogP contribution in [-0.2, 0) is 16.4 Å². The number of benzene rings is 1. The number of likely N-dealkylation sites (N-methyl/N-ethyl adjacent to an activating group) is 1. The monoisotopic (exact) mass is 286 g/mol. The van der Waals surface area contributed by atoms with Crippen molar-refractivity contribution in [3.05, 3.63) is 29.8 Å². The molecule has 1 unspecified atom stereocenters. The maximum Gasteiger partial charge on any atom is 0.175 e. The number of aliphatic hydroxyl groups excluding tert-OH is 1. The third kappa shape index (κ3) is 6.15. The summed E-state index contributed by atoms with van der Waals surface area (Å²) >= 11 is 0. The lowest BCUT2D eigenvalue weighted by Gasteiger charge is -2.16. The summed E-state index contributed by atoms with van der Waals surface area (Å²) < 4.78 is 22.6. The van der Waals surface area contributed by atoms with Crippen molar-refractivity contribution in [3.63, 3.8) is 0 Å². The molecular formula is C13H22N2O3S. The SMILES string of the molecule is CN(C)CC(O)CNCc1ccc(S(C)(=O)=O)cc1. The summed E-state index contributed by atoms with van der Waals surface area (Å²) in [5, 5.41) is 12.8. The van der Waals surface area contributed by atoms with E-state index in [1.807, 2.05) is 19.0 Å². The molecule has 0 spiro atoms. The molecule has 5 nitrogen and oxygen atoms in total. The molecule has 0 radical (unpaired) electrons. The molecule has 1 atom stereocenters. The standard InChI is InChI=1S/C13H22N2O3S/c1-15(2)10-12(16)9-14-8-11-4-6-13(7-5-11)19(3,17)18/h4-7,12,14,16H,8-10H2,1-3H3. The largest absolute Gasteiger partial charge is 0.390 e. The molecule has 0 fully saturated rings. The second-order valence-electron chi connectivity index (χ2n) is 4.96. The van der Waals surface area contributed by atoms with Crippen molar-refractivity contribution in [1.29, 1.82) is 0 Å². The Kier molecular flexibility index (Phi) is 5.93. The molecule has 6 heteroatoms. The number of sulfone groups is 1. The predicted octanol–water partition coefficient (Wildman–Crippen LogP) is 0.102. The van der Waals surface area contributed by atoms with Crippen LogP contribution in [0.25, 0.3) is 0 Å². The third-order valence-electron chi connectivity index (χ3n) is 2.64. The summed E-state index contributed by atoms with van der Waals surface area (Å²) in [6.45, 7) is 1.72. The molecule has 0 saturated carbocycles. The van der Waals surface area contributed by atoms with Crippen LogP contribution in [0.5, 0.6) is 0 Å². The normalized spacial score (nSPS) is 13.7. The summed E-state index contributed by atoms with van der Waals surface area (Å²) in [4.78, 5) is 2.25. The minimum Gasteiger partial charge on any atom is -0.390 e. The lowest BCUT2D eigenvalue weighted by Crippen LogP contribution is -2.34.